The molecule has 1 aliphatic rings. The van der Waals surface area contributed by atoms with Gasteiger partial charge in [-0.05, 0) is 36.2 Å². The fraction of sp³-hybridized carbons (Fsp3) is 0.250. The van der Waals surface area contributed by atoms with E-state index in [-0.39, 0.29) is 5.91 Å². The maximum atomic E-state index is 12.4. The Labute approximate surface area is 118 Å². The van der Waals surface area contributed by atoms with Crippen LogP contribution in [0.25, 0.3) is 0 Å². The quantitative estimate of drug-likeness (QED) is 0.864. The van der Waals surface area contributed by atoms with Crippen molar-refractivity contribution < 1.29 is 4.79 Å². The third kappa shape index (κ3) is 2.50. The van der Waals surface area contributed by atoms with Crippen molar-refractivity contribution in [2.75, 3.05) is 18.8 Å². The van der Waals surface area contributed by atoms with Gasteiger partial charge >= 0.3 is 0 Å². The minimum atomic E-state index is 0.0782. The number of nitrogens with two attached hydrogens (primary N) is 1. The Hall–Kier alpha value is -2.36. The molecule has 0 saturated heterocycles. The molecule has 1 aromatic carbocycles. The molecule has 2 N–H and O–H groups in total. The lowest BCUT2D eigenvalue weighted by Gasteiger charge is -2.28. The van der Waals surface area contributed by atoms with Gasteiger partial charge in [0.15, 0.2) is 0 Å². The number of carbonyl (C=O) groups excluding carboxylic acids is 1. The molecule has 4 nitrogen and oxygen atoms in total. The molecule has 0 aliphatic carbocycles. The predicted molar refractivity (Wildman–Crippen MR) is 78.4 cm³/mol. The third-order valence-electron chi connectivity index (χ3n) is 3.67. The molecule has 0 unspecified atom stereocenters. The summed E-state index contributed by atoms with van der Waals surface area (Å²) in [5.74, 6) is 0.0782. The van der Waals surface area contributed by atoms with E-state index in [1.807, 2.05) is 35.2 Å². The lowest BCUT2D eigenvalue weighted by molar-refractivity contribution is 0.0741. The SMILES string of the molecule is Nc1ccc2c(c1)C(=O)N(CCc1ccccn1)CC2. The van der Waals surface area contributed by atoms with Gasteiger partial charge in [0.25, 0.3) is 5.91 Å². The Balaban J connectivity index is 1.72. The lowest BCUT2D eigenvalue weighted by Crippen LogP contribution is -2.39. The average molecular weight is 267 g/mol. The summed E-state index contributed by atoms with van der Waals surface area (Å²) in [6.07, 6.45) is 3.46. The first-order chi connectivity index (χ1) is 9.74. The average Bonchev–Trinajstić information content (AvgIpc) is 2.48. The van der Waals surface area contributed by atoms with E-state index in [2.05, 4.69) is 4.98 Å². The van der Waals surface area contributed by atoms with Crippen molar-refractivity contribution in [2.24, 2.45) is 0 Å². The summed E-state index contributed by atoms with van der Waals surface area (Å²) in [6, 6.07) is 11.4. The third-order valence-corrected chi connectivity index (χ3v) is 3.67. The van der Waals surface area contributed by atoms with E-state index in [4.69, 9.17) is 5.73 Å². The van der Waals surface area contributed by atoms with Gasteiger partial charge in [-0.25, -0.2) is 0 Å². The molecule has 20 heavy (non-hydrogen) atoms. The van der Waals surface area contributed by atoms with Crippen LogP contribution < -0.4 is 5.73 Å². The van der Waals surface area contributed by atoms with E-state index in [1.165, 1.54) is 0 Å². The van der Waals surface area contributed by atoms with Crippen LogP contribution in [0.15, 0.2) is 42.6 Å². The van der Waals surface area contributed by atoms with Crippen LogP contribution in [0.4, 0.5) is 5.69 Å². The van der Waals surface area contributed by atoms with Gasteiger partial charge in [0.05, 0.1) is 0 Å². The van der Waals surface area contributed by atoms with Crippen molar-refractivity contribution in [3.63, 3.8) is 0 Å². The van der Waals surface area contributed by atoms with Crippen LogP contribution >= 0.6 is 0 Å². The zero-order valence-electron chi connectivity index (χ0n) is 11.2. The molecule has 0 bridgehead atoms. The van der Waals surface area contributed by atoms with E-state index < -0.39 is 0 Å². The van der Waals surface area contributed by atoms with Gasteiger partial charge in [0.2, 0.25) is 0 Å². The summed E-state index contributed by atoms with van der Waals surface area (Å²) < 4.78 is 0. The Kier molecular flexibility index (Phi) is 3.37. The monoisotopic (exact) mass is 267 g/mol. The summed E-state index contributed by atoms with van der Waals surface area (Å²) in [5, 5.41) is 0. The van der Waals surface area contributed by atoms with Gasteiger partial charge in [-0.2, -0.15) is 0 Å². The standard InChI is InChI=1S/C16H17N3O/c17-13-5-4-12-6-9-19(16(20)15(12)11-13)10-7-14-3-1-2-8-18-14/h1-5,8,11H,6-7,9-10,17H2. The Bertz CT molecular complexity index is 625. The summed E-state index contributed by atoms with van der Waals surface area (Å²) in [4.78, 5) is 18.6. The van der Waals surface area contributed by atoms with Crippen LogP contribution in [0.3, 0.4) is 0 Å². The van der Waals surface area contributed by atoms with Crippen LogP contribution in [0.2, 0.25) is 0 Å². The zero-order valence-corrected chi connectivity index (χ0v) is 11.2. The number of hydrogen-bond donors (Lipinski definition) is 1. The number of benzene rings is 1. The number of nitrogens with zero attached hydrogens (tertiary/aromatic N) is 2. The second-order valence-electron chi connectivity index (χ2n) is 5.03. The molecule has 0 spiro atoms. The fourth-order valence-corrected chi connectivity index (χ4v) is 2.55. The normalized spacial score (nSPS) is 14.2. The number of amides is 1. The fourth-order valence-electron chi connectivity index (χ4n) is 2.55. The van der Waals surface area contributed by atoms with Crippen molar-refractivity contribution >= 4 is 11.6 Å². The molecule has 2 heterocycles. The molecule has 102 valence electrons. The minimum absolute atomic E-state index is 0.0782. The topological polar surface area (TPSA) is 59.2 Å². The highest BCUT2D eigenvalue weighted by atomic mass is 16.2. The Morgan fingerprint density at radius 3 is 2.95 bits per heavy atom. The van der Waals surface area contributed by atoms with Gasteiger partial charge in [0, 0.05) is 42.7 Å². The number of aromatic nitrogens is 1. The van der Waals surface area contributed by atoms with Crippen molar-refractivity contribution in [3.8, 4) is 0 Å². The molecule has 1 amide bonds. The first kappa shape index (κ1) is 12.7. The maximum Gasteiger partial charge on any atom is 0.254 e. The molecular formula is C16H17N3O. The number of pyridine rings is 1. The highest BCUT2D eigenvalue weighted by molar-refractivity contribution is 5.97. The molecular weight excluding hydrogens is 250 g/mol. The van der Waals surface area contributed by atoms with E-state index in [0.29, 0.717) is 12.2 Å². The summed E-state index contributed by atoms with van der Waals surface area (Å²) in [5.41, 5.74) is 9.27. The van der Waals surface area contributed by atoms with Crippen LogP contribution in [-0.2, 0) is 12.8 Å². The van der Waals surface area contributed by atoms with Crippen LogP contribution in [-0.4, -0.2) is 28.9 Å². The van der Waals surface area contributed by atoms with Crippen molar-refractivity contribution in [2.45, 2.75) is 12.8 Å². The zero-order chi connectivity index (χ0) is 13.9. The lowest BCUT2D eigenvalue weighted by atomic mass is 9.98. The number of hydrogen-bond acceptors (Lipinski definition) is 3. The van der Waals surface area contributed by atoms with E-state index >= 15 is 0 Å². The first-order valence-corrected chi connectivity index (χ1v) is 6.81. The second kappa shape index (κ2) is 5.33. The van der Waals surface area contributed by atoms with Gasteiger partial charge in [-0.3, -0.25) is 9.78 Å². The molecule has 3 rings (SSSR count). The van der Waals surface area contributed by atoms with Crippen molar-refractivity contribution in [3.05, 3.63) is 59.4 Å². The molecule has 1 aliphatic heterocycles. The van der Waals surface area contributed by atoms with Crippen molar-refractivity contribution in [1.82, 2.24) is 9.88 Å². The molecule has 4 heteroatoms. The van der Waals surface area contributed by atoms with Crippen LogP contribution in [0.1, 0.15) is 21.6 Å². The van der Waals surface area contributed by atoms with Crippen molar-refractivity contribution in [1.29, 1.82) is 0 Å². The predicted octanol–water partition coefficient (Wildman–Crippen LogP) is 1.90. The summed E-state index contributed by atoms with van der Waals surface area (Å²) in [6.45, 7) is 1.46. The number of anilines is 1. The van der Waals surface area contributed by atoms with Gasteiger partial charge in [-0.1, -0.05) is 12.1 Å². The van der Waals surface area contributed by atoms with E-state index in [9.17, 15) is 4.79 Å². The maximum absolute atomic E-state index is 12.4. The van der Waals surface area contributed by atoms with Gasteiger partial charge in [-0.15, -0.1) is 0 Å². The Morgan fingerprint density at radius 2 is 2.15 bits per heavy atom. The molecule has 0 atom stereocenters. The molecule has 0 saturated carbocycles. The molecule has 0 radical (unpaired) electrons. The van der Waals surface area contributed by atoms with E-state index in [0.717, 1.165) is 36.2 Å². The summed E-state index contributed by atoms with van der Waals surface area (Å²) >= 11 is 0. The first-order valence-electron chi connectivity index (χ1n) is 6.81. The molecule has 1 aromatic heterocycles. The number of fused-ring (bicyclic) bond motifs is 1. The number of carbonyl (C=O) groups is 1. The highest BCUT2D eigenvalue weighted by Crippen LogP contribution is 2.21. The highest BCUT2D eigenvalue weighted by Gasteiger charge is 2.23. The van der Waals surface area contributed by atoms with Gasteiger partial charge < -0.3 is 10.6 Å². The number of nitrogen functional groups attached to an aromatic ring is 1. The molecule has 0 fully saturated rings. The smallest absolute Gasteiger partial charge is 0.254 e. The largest absolute Gasteiger partial charge is 0.399 e. The van der Waals surface area contributed by atoms with Gasteiger partial charge in [0.1, 0.15) is 0 Å². The minimum Gasteiger partial charge on any atom is -0.399 e. The van der Waals surface area contributed by atoms with Crippen LogP contribution in [0, 0.1) is 0 Å². The Morgan fingerprint density at radius 1 is 1.25 bits per heavy atom. The summed E-state index contributed by atoms with van der Waals surface area (Å²) in [7, 11) is 0. The van der Waals surface area contributed by atoms with Crippen LogP contribution in [0.5, 0.6) is 0 Å². The van der Waals surface area contributed by atoms with E-state index in [1.54, 1.807) is 12.3 Å². The number of rotatable bonds is 3. The second-order valence-corrected chi connectivity index (χ2v) is 5.03. The molecule has 2 aromatic rings.